The molecule has 1 fully saturated rings. The van der Waals surface area contributed by atoms with Crippen molar-refractivity contribution in [2.45, 2.75) is 39.4 Å². The number of rotatable bonds is 7. The highest BCUT2D eigenvalue weighted by molar-refractivity contribution is 5.88. The molecule has 1 N–H and O–H groups in total. The number of aromatic nitrogens is 2. The van der Waals surface area contributed by atoms with Crippen molar-refractivity contribution in [2.24, 2.45) is 7.05 Å². The standard InChI is InChI=1S/C21H29N5O2/c1-4-25(14-17-12-23-24(3)13-17)20(27)11-19-21(28)22-9-10-26(19)15-18-8-6-5-7-16(18)2/h5-8,12-13,19H,4,9-11,14-15H2,1-3H3,(H,22,28). The van der Waals surface area contributed by atoms with Gasteiger partial charge in [-0.05, 0) is 25.0 Å². The van der Waals surface area contributed by atoms with Gasteiger partial charge in [-0.2, -0.15) is 5.10 Å². The van der Waals surface area contributed by atoms with Gasteiger partial charge in [0.25, 0.3) is 0 Å². The van der Waals surface area contributed by atoms with Crippen molar-refractivity contribution in [3.05, 3.63) is 53.3 Å². The molecule has 1 atom stereocenters. The molecule has 2 heterocycles. The van der Waals surface area contributed by atoms with Crippen LogP contribution in [0.2, 0.25) is 0 Å². The Labute approximate surface area is 166 Å². The molecule has 3 rings (SSSR count). The number of nitrogens with one attached hydrogen (secondary N) is 1. The van der Waals surface area contributed by atoms with Crippen LogP contribution in [0.15, 0.2) is 36.7 Å². The predicted molar refractivity (Wildman–Crippen MR) is 107 cm³/mol. The van der Waals surface area contributed by atoms with E-state index in [1.54, 1.807) is 15.8 Å². The van der Waals surface area contributed by atoms with E-state index in [9.17, 15) is 9.59 Å². The van der Waals surface area contributed by atoms with E-state index in [4.69, 9.17) is 0 Å². The summed E-state index contributed by atoms with van der Waals surface area (Å²) in [5.41, 5.74) is 3.38. The molecule has 150 valence electrons. The van der Waals surface area contributed by atoms with Crippen molar-refractivity contribution in [1.29, 1.82) is 0 Å². The van der Waals surface area contributed by atoms with Gasteiger partial charge in [0.1, 0.15) is 0 Å². The van der Waals surface area contributed by atoms with Gasteiger partial charge in [0, 0.05) is 51.5 Å². The van der Waals surface area contributed by atoms with Gasteiger partial charge in [-0.1, -0.05) is 24.3 Å². The minimum Gasteiger partial charge on any atom is -0.353 e. The Morgan fingerprint density at radius 2 is 2.14 bits per heavy atom. The van der Waals surface area contributed by atoms with Crippen molar-refractivity contribution in [3.8, 4) is 0 Å². The molecule has 28 heavy (non-hydrogen) atoms. The lowest BCUT2D eigenvalue weighted by atomic mass is 10.0. The van der Waals surface area contributed by atoms with E-state index in [-0.39, 0.29) is 18.2 Å². The van der Waals surface area contributed by atoms with Gasteiger partial charge in [0.2, 0.25) is 11.8 Å². The number of hydrogen-bond acceptors (Lipinski definition) is 4. The van der Waals surface area contributed by atoms with E-state index in [1.807, 2.05) is 32.3 Å². The third kappa shape index (κ3) is 4.78. The lowest BCUT2D eigenvalue weighted by Crippen LogP contribution is -2.56. The second-order valence-corrected chi connectivity index (χ2v) is 7.34. The molecule has 7 nitrogen and oxygen atoms in total. The number of amides is 2. The minimum atomic E-state index is -0.441. The number of hydrogen-bond donors (Lipinski definition) is 1. The summed E-state index contributed by atoms with van der Waals surface area (Å²) in [5, 5.41) is 7.08. The van der Waals surface area contributed by atoms with Gasteiger partial charge in [-0.25, -0.2) is 0 Å². The van der Waals surface area contributed by atoms with Crippen molar-refractivity contribution < 1.29 is 9.59 Å². The van der Waals surface area contributed by atoms with Crippen LogP contribution in [0.3, 0.4) is 0 Å². The van der Waals surface area contributed by atoms with Gasteiger partial charge >= 0.3 is 0 Å². The van der Waals surface area contributed by atoms with Crippen LogP contribution in [-0.2, 0) is 29.7 Å². The first-order valence-corrected chi connectivity index (χ1v) is 9.79. The summed E-state index contributed by atoms with van der Waals surface area (Å²) in [6.45, 7) is 7.17. The molecule has 2 aromatic rings. The molecule has 0 bridgehead atoms. The first-order chi connectivity index (χ1) is 13.5. The topological polar surface area (TPSA) is 70.5 Å². The quantitative estimate of drug-likeness (QED) is 0.786. The van der Waals surface area contributed by atoms with Crippen molar-refractivity contribution >= 4 is 11.8 Å². The highest BCUT2D eigenvalue weighted by atomic mass is 16.2. The molecule has 2 amide bonds. The molecule has 1 aliphatic rings. The summed E-state index contributed by atoms with van der Waals surface area (Å²) in [5.74, 6) is -0.0752. The van der Waals surface area contributed by atoms with Crippen molar-refractivity contribution in [3.63, 3.8) is 0 Å². The average Bonchev–Trinajstić information content (AvgIpc) is 3.09. The SMILES string of the molecule is CCN(Cc1cnn(C)c1)C(=O)CC1C(=O)NCCN1Cc1ccccc1C. The van der Waals surface area contributed by atoms with Crippen LogP contribution in [-0.4, -0.2) is 57.1 Å². The van der Waals surface area contributed by atoms with Gasteiger partial charge in [-0.15, -0.1) is 0 Å². The third-order valence-electron chi connectivity index (χ3n) is 5.31. The minimum absolute atomic E-state index is 0.0109. The fourth-order valence-corrected chi connectivity index (χ4v) is 3.62. The molecule has 1 aromatic carbocycles. The number of aryl methyl sites for hydroxylation is 2. The average molecular weight is 383 g/mol. The Balaban J connectivity index is 1.69. The molecule has 1 saturated heterocycles. The van der Waals surface area contributed by atoms with Crippen LogP contribution in [0, 0.1) is 6.92 Å². The Morgan fingerprint density at radius 1 is 1.36 bits per heavy atom. The normalized spacial score (nSPS) is 17.4. The second-order valence-electron chi connectivity index (χ2n) is 7.34. The summed E-state index contributed by atoms with van der Waals surface area (Å²) in [4.78, 5) is 29.4. The largest absolute Gasteiger partial charge is 0.353 e. The fraction of sp³-hybridized carbons (Fsp3) is 0.476. The number of benzene rings is 1. The van der Waals surface area contributed by atoms with Crippen LogP contribution in [0.4, 0.5) is 0 Å². The zero-order valence-electron chi connectivity index (χ0n) is 16.9. The van der Waals surface area contributed by atoms with Crippen molar-refractivity contribution in [1.82, 2.24) is 24.9 Å². The zero-order valence-corrected chi connectivity index (χ0v) is 16.9. The highest BCUT2D eigenvalue weighted by Crippen LogP contribution is 2.18. The Bertz CT molecular complexity index is 832. The van der Waals surface area contributed by atoms with Gasteiger partial charge in [-0.3, -0.25) is 19.2 Å². The van der Waals surface area contributed by atoms with Crippen LogP contribution in [0.1, 0.15) is 30.0 Å². The number of carbonyl (C=O) groups excluding carboxylic acids is 2. The van der Waals surface area contributed by atoms with Crippen LogP contribution >= 0.6 is 0 Å². The first-order valence-electron chi connectivity index (χ1n) is 9.79. The Hall–Kier alpha value is -2.67. The second kappa shape index (κ2) is 9.01. The number of carbonyl (C=O) groups is 2. The lowest BCUT2D eigenvalue weighted by molar-refractivity contribution is -0.139. The van der Waals surface area contributed by atoms with Crippen molar-refractivity contribution in [2.75, 3.05) is 19.6 Å². The molecule has 0 radical (unpaired) electrons. The van der Waals surface area contributed by atoms with Crippen LogP contribution in [0.5, 0.6) is 0 Å². The molecule has 0 saturated carbocycles. The number of piperazine rings is 1. The van der Waals surface area contributed by atoms with Gasteiger partial charge < -0.3 is 10.2 Å². The first kappa shape index (κ1) is 20.1. The van der Waals surface area contributed by atoms with E-state index >= 15 is 0 Å². The van der Waals surface area contributed by atoms with Crippen LogP contribution in [0.25, 0.3) is 0 Å². The molecular weight excluding hydrogens is 354 g/mol. The lowest BCUT2D eigenvalue weighted by Gasteiger charge is -2.36. The molecule has 7 heteroatoms. The van der Waals surface area contributed by atoms with Gasteiger partial charge in [0.15, 0.2) is 0 Å². The van der Waals surface area contributed by atoms with E-state index in [1.165, 1.54) is 11.1 Å². The zero-order chi connectivity index (χ0) is 20.1. The third-order valence-corrected chi connectivity index (χ3v) is 5.31. The Morgan fingerprint density at radius 3 is 2.82 bits per heavy atom. The summed E-state index contributed by atoms with van der Waals surface area (Å²) in [6.07, 6.45) is 3.87. The monoisotopic (exact) mass is 383 g/mol. The summed E-state index contributed by atoms with van der Waals surface area (Å²) in [6, 6.07) is 7.75. The molecule has 1 unspecified atom stereocenters. The summed E-state index contributed by atoms with van der Waals surface area (Å²) < 4.78 is 1.73. The van der Waals surface area contributed by atoms with E-state index < -0.39 is 6.04 Å². The number of nitrogens with zero attached hydrogens (tertiary/aromatic N) is 4. The van der Waals surface area contributed by atoms with Gasteiger partial charge in [0.05, 0.1) is 18.7 Å². The molecule has 0 aliphatic carbocycles. The van der Waals surface area contributed by atoms with E-state index in [2.05, 4.69) is 34.4 Å². The van der Waals surface area contributed by atoms with E-state index in [0.717, 1.165) is 12.1 Å². The molecule has 1 aromatic heterocycles. The molecular formula is C21H29N5O2. The smallest absolute Gasteiger partial charge is 0.237 e. The molecule has 0 spiro atoms. The molecule has 1 aliphatic heterocycles. The maximum Gasteiger partial charge on any atom is 0.237 e. The Kier molecular flexibility index (Phi) is 6.46. The summed E-state index contributed by atoms with van der Waals surface area (Å²) >= 11 is 0. The highest BCUT2D eigenvalue weighted by Gasteiger charge is 2.33. The maximum absolute atomic E-state index is 13.0. The van der Waals surface area contributed by atoms with Crippen LogP contribution < -0.4 is 5.32 Å². The summed E-state index contributed by atoms with van der Waals surface area (Å²) in [7, 11) is 1.86. The fourth-order valence-electron chi connectivity index (χ4n) is 3.62. The maximum atomic E-state index is 13.0. The van der Waals surface area contributed by atoms with E-state index in [0.29, 0.717) is 26.2 Å². The predicted octanol–water partition coefficient (Wildman–Crippen LogP) is 1.47.